The number of hydrogen-bond acceptors (Lipinski definition) is 3. The van der Waals surface area contributed by atoms with E-state index < -0.39 is 5.54 Å². The maximum absolute atomic E-state index is 12.2. The second kappa shape index (κ2) is 6.33. The minimum Gasteiger partial charge on any atom is -0.322 e. The van der Waals surface area contributed by atoms with Gasteiger partial charge in [0, 0.05) is 36.9 Å². The topological polar surface area (TPSA) is 59.4 Å². The molecule has 1 aromatic carbocycles. The van der Waals surface area contributed by atoms with E-state index >= 15 is 0 Å². The molecule has 1 saturated heterocycles. The molecule has 1 heterocycles. The highest BCUT2D eigenvalue weighted by molar-refractivity contribution is 6.30. The molecule has 0 bridgehead atoms. The van der Waals surface area contributed by atoms with E-state index in [0.29, 0.717) is 31.2 Å². The molecule has 2 rings (SSSR count). The average molecular weight is 307 g/mol. The molecule has 1 aliphatic heterocycles. The SMILES string of the molecule is CC(C)(C#N)N1CCN(C(=O)Nc2ccc(Cl)cc2)CC1. The Labute approximate surface area is 130 Å². The van der Waals surface area contributed by atoms with Crippen molar-refractivity contribution in [3.63, 3.8) is 0 Å². The van der Waals surface area contributed by atoms with E-state index in [1.54, 1.807) is 29.2 Å². The zero-order valence-corrected chi connectivity index (χ0v) is 13.0. The van der Waals surface area contributed by atoms with E-state index in [1.165, 1.54) is 0 Å². The number of piperazine rings is 1. The highest BCUT2D eigenvalue weighted by Crippen LogP contribution is 2.17. The van der Waals surface area contributed by atoms with Gasteiger partial charge in [0.25, 0.3) is 0 Å². The van der Waals surface area contributed by atoms with Gasteiger partial charge in [0.05, 0.1) is 6.07 Å². The number of carbonyl (C=O) groups is 1. The summed E-state index contributed by atoms with van der Waals surface area (Å²) in [7, 11) is 0. The van der Waals surface area contributed by atoms with Gasteiger partial charge in [-0.3, -0.25) is 4.90 Å². The molecule has 2 amide bonds. The van der Waals surface area contributed by atoms with E-state index in [4.69, 9.17) is 16.9 Å². The zero-order valence-electron chi connectivity index (χ0n) is 12.3. The van der Waals surface area contributed by atoms with Crippen LogP contribution in [0.3, 0.4) is 0 Å². The lowest BCUT2D eigenvalue weighted by atomic mass is 10.0. The number of rotatable bonds is 2. The fraction of sp³-hybridized carbons (Fsp3) is 0.467. The highest BCUT2D eigenvalue weighted by Gasteiger charge is 2.31. The molecular weight excluding hydrogens is 288 g/mol. The van der Waals surface area contributed by atoms with Gasteiger partial charge in [-0.25, -0.2) is 4.79 Å². The normalized spacial score (nSPS) is 16.4. The predicted octanol–water partition coefficient (Wildman–Crippen LogP) is 2.79. The van der Waals surface area contributed by atoms with Crippen LogP contribution in [0.2, 0.25) is 5.02 Å². The lowest BCUT2D eigenvalue weighted by Crippen LogP contribution is -2.55. The Morgan fingerprint density at radius 1 is 1.24 bits per heavy atom. The molecule has 1 N–H and O–H groups in total. The Kier molecular flexibility index (Phi) is 4.71. The van der Waals surface area contributed by atoms with Crippen LogP contribution < -0.4 is 5.32 Å². The van der Waals surface area contributed by atoms with Gasteiger partial charge in [-0.15, -0.1) is 0 Å². The number of urea groups is 1. The third-order valence-corrected chi connectivity index (χ3v) is 3.98. The van der Waals surface area contributed by atoms with Crippen molar-refractivity contribution in [3.8, 4) is 6.07 Å². The van der Waals surface area contributed by atoms with Crippen molar-refractivity contribution in [3.05, 3.63) is 29.3 Å². The number of carbonyl (C=O) groups excluding carboxylic acids is 1. The van der Waals surface area contributed by atoms with Crippen molar-refractivity contribution in [2.24, 2.45) is 0 Å². The molecular formula is C15H19ClN4O. The Balaban J connectivity index is 1.89. The molecule has 0 saturated carbocycles. The number of hydrogen-bond donors (Lipinski definition) is 1. The lowest BCUT2D eigenvalue weighted by Gasteiger charge is -2.40. The summed E-state index contributed by atoms with van der Waals surface area (Å²) in [5.74, 6) is 0. The summed E-state index contributed by atoms with van der Waals surface area (Å²) in [5, 5.41) is 12.6. The minimum absolute atomic E-state index is 0.119. The van der Waals surface area contributed by atoms with Crippen molar-refractivity contribution < 1.29 is 4.79 Å². The van der Waals surface area contributed by atoms with Crippen molar-refractivity contribution in [2.75, 3.05) is 31.5 Å². The molecule has 1 fully saturated rings. The minimum atomic E-state index is -0.487. The van der Waals surface area contributed by atoms with Gasteiger partial charge >= 0.3 is 6.03 Å². The standard InChI is InChI=1S/C15H19ClN4O/c1-15(2,11-17)20-9-7-19(8-10-20)14(21)18-13-5-3-12(16)4-6-13/h3-6H,7-10H2,1-2H3,(H,18,21). The molecule has 0 aromatic heterocycles. The molecule has 5 nitrogen and oxygen atoms in total. The van der Waals surface area contributed by atoms with Crippen LogP contribution in [0.5, 0.6) is 0 Å². The van der Waals surface area contributed by atoms with Crippen LogP contribution in [0.1, 0.15) is 13.8 Å². The maximum atomic E-state index is 12.2. The van der Waals surface area contributed by atoms with Crippen LogP contribution in [0, 0.1) is 11.3 Å². The first kappa shape index (κ1) is 15.6. The van der Waals surface area contributed by atoms with Crippen molar-refractivity contribution in [1.29, 1.82) is 5.26 Å². The van der Waals surface area contributed by atoms with Gasteiger partial charge in [-0.2, -0.15) is 5.26 Å². The Bertz CT molecular complexity index is 542. The second-order valence-electron chi connectivity index (χ2n) is 5.58. The maximum Gasteiger partial charge on any atom is 0.321 e. The monoisotopic (exact) mass is 306 g/mol. The number of nitrogens with zero attached hydrogens (tertiary/aromatic N) is 3. The molecule has 0 spiro atoms. The fourth-order valence-corrected chi connectivity index (χ4v) is 2.40. The number of benzene rings is 1. The summed E-state index contributed by atoms with van der Waals surface area (Å²) >= 11 is 5.81. The predicted molar refractivity (Wildman–Crippen MR) is 83.3 cm³/mol. The largest absolute Gasteiger partial charge is 0.322 e. The van der Waals surface area contributed by atoms with E-state index in [9.17, 15) is 4.79 Å². The molecule has 21 heavy (non-hydrogen) atoms. The van der Waals surface area contributed by atoms with Gasteiger partial charge in [0.15, 0.2) is 0 Å². The number of nitrogens with one attached hydrogen (secondary N) is 1. The van der Waals surface area contributed by atoms with Crippen molar-refractivity contribution in [1.82, 2.24) is 9.80 Å². The fourth-order valence-electron chi connectivity index (χ4n) is 2.28. The molecule has 0 atom stereocenters. The molecule has 112 valence electrons. The third-order valence-electron chi connectivity index (χ3n) is 3.73. The summed E-state index contributed by atoms with van der Waals surface area (Å²) in [6.45, 7) is 6.44. The lowest BCUT2D eigenvalue weighted by molar-refractivity contribution is 0.0964. The molecule has 0 unspecified atom stereocenters. The van der Waals surface area contributed by atoms with Gasteiger partial charge < -0.3 is 10.2 Å². The first-order chi connectivity index (χ1) is 9.92. The van der Waals surface area contributed by atoms with Crippen molar-refractivity contribution >= 4 is 23.3 Å². The van der Waals surface area contributed by atoms with E-state index in [2.05, 4.69) is 16.3 Å². The summed E-state index contributed by atoms with van der Waals surface area (Å²) in [6.07, 6.45) is 0. The molecule has 6 heteroatoms. The molecule has 1 aromatic rings. The molecule has 1 aliphatic rings. The summed E-state index contributed by atoms with van der Waals surface area (Å²) < 4.78 is 0. The van der Waals surface area contributed by atoms with E-state index in [0.717, 1.165) is 5.69 Å². The van der Waals surface area contributed by atoms with Crippen LogP contribution in [0.25, 0.3) is 0 Å². The van der Waals surface area contributed by atoms with Gasteiger partial charge in [0.1, 0.15) is 5.54 Å². The second-order valence-corrected chi connectivity index (χ2v) is 6.02. The Hall–Kier alpha value is -1.77. The molecule has 0 radical (unpaired) electrons. The van der Waals surface area contributed by atoms with E-state index in [1.807, 2.05) is 13.8 Å². The van der Waals surface area contributed by atoms with Crippen LogP contribution in [0.15, 0.2) is 24.3 Å². The Morgan fingerprint density at radius 2 is 1.81 bits per heavy atom. The first-order valence-corrected chi connectivity index (χ1v) is 7.28. The summed E-state index contributed by atoms with van der Waals surface area (Å²) in [6, 6.07) is 9.20. The molecule has 0 aliphatic carbocycles. The van der Waals surface area contributed by atoms with Gasteiger partial charge in [-0.05, 0) is 38.1 Å². The third kappa shape index (κ3) is 3.87. The van der Waals surface area contributed by atoms with Crippen LogP contribution in [-0.2, 0) is 0 Å². The summed E-state index contributed by atoms with van der Waals surface area (Å²) in [4.78, 5) is 16.0. The first-order valence-electron chi connectivity index (χ1n) is 6.90. The number of amides is 2. The smallest absolute Gasteiger partial charge is 0.321 e. The van der Waals surface area contributed by atoms with Crippen LogP contribution >= 0.6 is 11.6 Å². The number of anilines is 1. The van der Waals surface area contributed by atoms with Gasteiger partial charge in [-0.1, -0.05) is 11.6 Å². The summed E-state index contributed by atoms with van der Waals surface area (Å²) in [5.41, 5.74) is 0.239. The highest BCUT2D eigenvalue weighted by atomic mass is 35.5. The zero-order chi connectivity index (χ0) is 15.5. The van der Waals surface area contributed by atoms with Crippen molar-refractivity contribution in [2.45, 2.75) is 19.4 Å². The number of nitriles is 1. The van der Waals surface area contributed by atoms with Crippen LogP contribution in [-0.4, -0.2) is 47.5 Å². The van der Waals surface area contributed by atoms with Gasteiger partial charge in [0.2, 0.25) is 0 Å². The number of halogens is 1. The average Bonchev–Trinajstić information content (AvgIpc) is 2.49. The Morgan fingerprint density at radius 3 is 2.33 bits per heavy atom. The van der Waals surface area contributed by atoms with E-state index in [-0.39, 0.29) is 6.03 Å². The quantitative estimate of drug-likeness (QED) is 0.914. The van der Waals surface area contributed by atoms with Crippen LogP contribution in [0.4, 0.5) is 10.5 Å².